The number of ketones is 1. The largest absolute Gasteiger partial charge is 0.293 e. The zero-order valence-electron chi connectivity index (χ0n) is 7.28. The van der Waals surface area contributed by atoms with Crippen LogP contribution in [0.4, 0.5) is 0 Å². The average Bonchev–Trinajstić information content (AvgIpc) is 2.18. The van der Waals surface area contributed by atoms with Crippen molar-refractivity contribution in [2.45, 2.75) is 0 Å². The van der Waals surface area contributed by atoms with Crippen molar-refractivity contribution in [1.82, 2.24) is 0 Å². The molecule has 0 aliphatic carbocycles. The third-order valence-corrected chi connectivity index (χ3v) is 2.14. The maximum absolute atomic E-state index is 11.4. The maximum Gasteiger partial charge on any atom is 0.172 e. The van der Waals surface area contributed by atoms with Gasteiger partial charge in [-0.1, -0.05) is 12.1 Å². The normalized spacial score (nSPS) is 9.23. The van der Waals surface area contributed by atoms with Gasteiger partial charge in [0.2, 0.25) is 0 Å². The van der Waals surface area contributed by atoms with Gasteiger partial charge in [-0.25, -0.2) is 0 Å². The third kappa shape index (κ3) is 2.60. The predicted molar refractivity (Wildman–Crippen MR) is 53.9 cm³/mol. The molecule has 0 saturated heterocycles. The zero-order valence-corrected chi connectivity index (χ0v) is 8.10. The van der Waals surface area contributed by atoms with E-state index in [0.29, 0.717) is 16.9 Å². The van der Waals surface area contributed by atoms with Gasteiger partial charge < -0.3 is 0 Å². The number of hydrogen-bond donors (Lipinski definition) is 0. The molecule has 0 amide bonds. The van der Waals surface area contributed by atoms with Gasteiger partial charge in [0.1, 0.15) is 0 Å². The minimum Gasteiger partial charge on any atom is -0.293 e. The first-order valence-electron chi connectivity index (χ1n) is 3.80. The van der Waals surface area contributed by atoms with E-state index >= 15 is 0 Å². The van der Waals surface area contributed by atoms with Gasteiger partial charge in [-0.3, -0.25) is 4.79 Å². The van der Waals surface area contributed by atoms with Crippen molar-refractivity contribution in [2.75, 3.05) is 12.0 Å². The number of carbonyl (C=O) groups excluding carboxylic acids is 1. The van der Waals surface area contributed by atoms with Crippen molar-refractivity contribution in [2.24, 2.45) is 0 Å². The molecule has 0 radical (unpaired) electrons. The Balaban J connectivity index is 2.90. The smallest absolute Gasteiger partial charge is 0.172 e. The first-order valence-corrected chi connectivity index (χ1v) is 5.19. The van der Waals surface area contributed by atoms with Crippen LogP contribution in [-0.2, 0) is 0 Å². The molecular formula is C10H9NOS. The Labute approximate surface area is 81.6 Å². The molecule has 3 heteroatoms. The van der Waals surface area contributed by atoms with Crippen LogP contribution in [0.1, 0.15) is 15.9 Å². The first kappa shape index (κ1) is 9.82. The van der Waals surface area contributed by atoms with Crippen LogP contribution in [0.25, 0.3) is 0 Å². The van der Waals surface area contributed by atoms with Crippen LogP contribution in [0, 0.1) is 11.3 Å². The Morgan fingerprint density at radius 1 is 1.62 bits per heavy atom. The van der Waals surface area contributed by atoms with E-state index in [1.54, 1.807) is 24.3 Å². The standard InChI is InChI=1S/C10H9NOS/c1-13-7-10(12)9-4-2-3-8(5-9)6-11/h2-5H,7H2,1H3. The Morgan fingerprint density at radius 3 is 3.00 bits per heavy atom. The molecule has 2 nitrogen and oxygen atoms in total. The molecule has 0 aromatic heterocycles. The highest BCUT2D eigenvalue weighted by Gasteiger charge is 2.04. The third-order valence-electron chi connectivity index (χ3n) is 1.59. The van der Waals surface area contributed by atoms with Crippen molar-refractivity contribution in [3.05, 3.63) is 35.4 Å². The summed E-state index contributed by atoms with van der Waals surface area (Å²) in [5.74, 6) is 0.541. The second-order valence-corrected chi connectivity index (χ2v) is 3.41. The maximum atomic E-state index is 11.4. The summed E-state index contributed by atoms with van der Waals surface area (Å²) in [6, 6.07) is 8.78. The van der Waals surface area contributed by atoms with Gasteiger partial charge in [-0.15, -0.1) is 0 Å². The van der Waals surface area contributed by atoms with Gasteiger partial charge in [0.05, 0.1) is 17.4 Å². The van der Waals surface area contributed by atoms with Crippen LogP contribution < -0.4 is 0 Å². The van der Waals surface area contributed by atoms with E-state index in [9.17, 15) is 4.79 Å². The van der Waals surface area contributed by atoms with Gasteiger partial charge in [-0.2, -0.15) is 17.0 Å². The minimum absolute atomic E-state index is 0.0737. The van der Waals surface area contributed by atoms with Crippen LogP contribution in [0.2, 0.25) is 0 Å². The van der Waals surface area contributed by atoms with E-state index in [0.717, 1.165) is 0 Å². The van der Waals surface area contributed by atoms with Crippen LogP contribution in [0.15, 0.2) is 24.3 Å². The molecule has 0 fully saturated rings. The molecule has 0 unspecified atom stereocenters. The summed E-state index contributed by atoms with van der Waals surface area (Å²) in [7, 11) is 0. The Morgan fingerprint density at radius 2 is 2.38 bits per heavy atom. The van der Waals surface area contributed by atoms with Gasteiger partial charge in [0, 0.05) is 5.56 Å². The quantitative estimate of drug-likeness (QED) is 0.687. The molecule has 1 aromatic carbocycles. The Kier molecular flexibility index (Phi) is 3.53. The second-order valence-electron chi connectivity index (χ2n) is 2.55. The number of Topliss-reactive ketones (excluding diaryl/α,β-unsaturated/α-hetero) is 1. The summed E-state index contributed by atoms with van der Waals surface area (Å²) >= 11 is 1.49. The van der Waals surface area contributed by atoms with Crippen LogP contribution >= 0.6 is 11.8 Å². The molecule has 0 aliphatic rings. The summed E-state index contributed by atoms with van der Waals surface area (Å²) in [4.78, 5) is 11.4. The Hall–Kier alpha value is -1.27. The first-order chi connectivity index (χ1) is 6.27. The van der Waals surface area contributed by atoms with Gasteiger partial charge in [0.25, 0.3) is 0 Å². The lowest BCUT2D eigenvalue weighted by molar-refractivity contribution is 0.102. The van der Waals surface area contributed by atoms with Crippen molar-refractivity contribution in [3.8, 4) is 6.07 Å². The lowest BCUT2D eigenvalue weighted by Crippen LogP contribution is -2.01. The van der Waals surface area contributed by atoms with Crippen molar-refractivity contribution < 1.29 is 4.79 Å². The van der Waals surface area contributed by atoms with E-state index in [4.69, 9.17) is 5.26 Å². The highest BCUT2D eigenvalue weighted by molar-refractivity contribution is 7.99. The summed E-state index contributed by atoms with van der Waals surface area (Å²) in [5.41, 5.74) is 1.15. The minimum atomic E-state index is 0.0737. The van der Waals surface area contributed by atoms with Crippen molar-refractivity contribution in [1.29, 1.82) is 5.26 Å². The molecule has 0 bridgehead atoms. The molecule has 1 aromatic rings. The van der Waals surface area contributed by atoms with Crippen molar-refractivity contribution >= 4 is 17.5 Å². The number of nitrogens with zero attached hydrogens (tertiary/aromatic N) is 1. The lowest BCUT2D eigenvalue weighted by Gasteiger charge is -1.98. The van der Waals surface area contributed by atoms with Gasteiger partial charge in [0.15, 0.2) is 5.78 Å². The SMILES string of the molecule is CSCC(=O)c1cccc(C#N)c1. The molecular weight excluding hydrogens is 182 g/mol. The molecule has 0 heterocycles. The topological polar surface area (TPSA) is 40.9 Å². The molecule has 0 N–H and O–H groups in total. The highest BCUT2D eigenvalue weighted by Crippen LogP contribution is 2.07. The number of carbonyl (C=O) groups is 1. The average molecular weight is 191 g/mol. The van der Waals surface area contributed by atoms with Gasteiger partial charge in [-0.05, 0) is 18.4 Å². The predicted octanol–water partition coefficient (Wildman–Crippen LogP) is 2.10. The number of thioether (sulfide) groups is 1. The molecule has 0 aliphatic heterocycles. The van der Waals surface area contributed by atoms with Crippen LogP contribution in [0.3, 0.4) is 0 Å². The van der Waals surface area contributed by atoms with E-state index in [2.05, 4.69) is 0 Å². The molecule has 0 atom stereocenters. The highest BCUT2D eigenvalue weighted by atomic mass is 32.2. The Bertz CT molecular complexity index is 354. The molecule has 0 spiro atoms. The van der Waals surface area contributed by atoms with Crippen LogP contribution in [0.5, 0.6) is 0 Å². The summed E-state index contributed by atoms with van der Waals surface area (Å²) in [6.45, 7) is 0. The summed E-state index contributed by atoms with van der Waals surface area (Å²) < 4.78 is 0. The number of benzene rings is 1. The van der Waals surface area contributed by atoms with E-state index in [-0.39, 0.29) is 5.78 Å². The van der Waals surface area contributed by atoms with E-state index in [1.165, 1.54) is 11.8 Å². The molecule has 1 rings (SSSR count). The number of nitriles is 1. The van der Waals surface area contributed by atoms with Crippen molar-refractivity contribution in [3.63, 3.8) is 0 Å². The summed E-state index contributed by atoms with van der Waals surface area (Å²) in [6.07, 6.45) is 1.88. The van der Waals surface area contributed by atoms with E-state index < -0.39 is 0 Å². The fraction of sp³-hybridized carbons (Fsp3) is 0.200. The number of rotatable bonds is 3. The summed E-state index contributed by atoms with van der Waals surface area (Å²) in [5, 5.41) is 8.61. The number of hydrogen-bond acceptors (Lipinski definition) is 3. The van der Waals surface area contributed by atoms with E-state index in [1.807, 2.05) is 12.3 Å². The molecule has 0 saturated carbocycles. The monoisotopic (exact) mass is 191 g/mol. The lowest BCUT2D eigenvalue weighted by atomic mass is 10.1. The fourth-order valence-electron chi connectivity index (χ4n) is 0.977. The van der Waals surface area contributed by atoms with Gasteiger partial charge >= 0.3 is 0 Å². The second kappa shape index (κ2) is 4.68. The zero-order chi connectivity index (χ0) is 9.68. The molecule has 13 heavy (non-hydrogen) atoms. The fourth-order valence-corrected chi connectivity index (χ4v) is 1.41. The van der Waals surface area contributed by atoms with Crippen LogP contribution in [-0.4, -0.2) is 17.8 Å². The molecule has 66 valence electrons.